The third-order valence-corrected chi connectivity index (χ3v) is 3.99. The van der Waals surface area contributed by atoms with E-state index in [0.717, 1.165) is 6.26 Å². The highest BCUT2D eigenvalue weighted by molar-refractivity contribution is 7.90. The van der Waals surface area contributed by atoms with Crippen molar-refractivity contribution in [2.24, 2.45) is 0 Å². The summed E-state index contributed by atoms with van der Waals surface area (Å²) in [7, 11) is -1.78. The van der Waals surface area contributed by atoms with Gasteiger partial charge in [-0.1, -0.05) is 12.1 Å². The van der Waals surface area contributed by atoms with Gasteiger partial charge in [-0.15, -0.1) is 0 Å². The third kappa shape index (κ3) is 3.05. The van der Waals surface area contributed by atoms with Crippen molar-refractivity contribution < 1.29 is 17.9 Å². The van der Waals surface area contributed by atoms with Gasteiger partial charge >= 0.3 is 0 Å². The molecule has 2 aromatic carbocycles. The van der Waals surface area contributed by atoms with Crippen molar-refractivity contribution in [2.45, 2.75) is 4.90 Å². The summed E-state index contributed by atoms with van der Waals surface area (Å²) in [4.78, 5) is 12.4. The van der Waals surface area contributed by atoms with Crippen LogP contribution in [0.2, 0.25) is 0 Å². The Balaban J connectivity index is 2.38. The molecule has 2 aromatic rings. The summed E-state index contributed by atoms with van der Waals surface area (Å²) in [5.41, 5.74) is 0.828. The Morgan fingerprint density at radius 3 is 2.20 bits per heavy atom. The van der Waals surface area contributed by atoms with E-state index >= 15 is 0 Å². The second-order valence-corrected chi connectivity index (χ2v) is 6.37. The molecule has 4 nitrogen and oxygen atoms in total. The topological polar surface area (TPSA) is 60.4 Å². The summed E-state index contributed by atoms with van der Waals surface area (Å²) < 4.78 is 28.0. The normalized spacial score (nSPS) is 11.1. The minimum Gasteiger partial charge on any atom is -0.497 e. The molecular formula is C15H14O4S. The van der Waals surface area contributed by atoms with E-state index < -0.39 is 9.84 Å². The first-order chi connectivity index (χ1) is 9.41. The van der Waals surface area contributed by atoms with Gasteiger partial charge in [-0.2, -0.15) is 0 Å². The van der Waals surface area contributed by atoms with Crippen LogP contribution in [-0.4, -0.2) is 27.6 Å². The lowest BCUT2D eigenvalue weighted by Crippen LogP contribution is -2.04. The summed E-state index contributed by atoms with van der Waals surface area (Å²) in [5, 5.41) is 0. The zero-order valence-electron chi connectivity index (χ0n) is 11.2. The molecule has 0 radical (unpaired) electrons. The van der Waals surface area contributed by atoms with E-state index in [1.165, 1.54) is 12.1 Å². The van der Waals surface area contributed by atoms with Gasteiger partial charge in [0.1, 0.15) is 5.75 Å². The van der Waals surface area contributed by atoms with Crippen LogP contribution < -0.4 is 4.74 Å². The second kappa shape index (κ2) is 5.46. The first-order valence-corrected chi connectivity index (χ1v) is 7.80. The van der Waals surface area contributed by atoms with Crippen LogP contribution in [0.4, 0.5) is 0 Å². The van der Waals surface area contributed by atoms with Crippen LogP contribution in [0.15, 0.2) is 53.4 Å². The lowest BCUT2D eigenvalue weighted by molar-refractivity contribution is 0.103. The zero-order chi connectivity index (χ0) is 14.8. The number of sulfone groups is 1. The van der Waals surface area contributed by atoms with Crippen LogP contribution in [0, 0.1) is 0 Å². The van der Waals surface area contributed by atoms with E-state index in [2.05, 4.69) is 0 Å². The largest absolute Gasteiger partial charge is 0.497 e. The fraction of sp³-hybridized carbons (Fsp3) is 0.133. The van der Waals surface area contributed by atoms with Gasteiger partial charge in [0, 0.05) is 17.4 Å². The molecule has 2 rings (SSSR count). The molecule has 0 saturated heterocycles. The Hall–Kier alpha value is -2.14. The SMILES string of the molecule is COc1ccc(C(=O)c2cccc(S(C)(=O)=O)c2)cc1. The maximum atomic E-state index is 12.3. The molecule has 0 saturated carbocycles. The highest BCUT2D eigenvalue weighted by Crippen LogP contribution is 2.17. The molecule has 0 N–H and O–H groups in total. The quantitative estimate of drug-likeness (QED) is 0.811. The second-order valence-electron chi connectivity index (χ2n) is 4.36. The van der Waals surface area contributed by atoms with Gasteiger partial charge in [0.25, 0.3) is 0 Å². The summed E-state index contributed by atoms with van der Waals surface area (Å²) in [6.45, 7) is 0. The molecule has 0 fully saturated rings. The number of ketones is 1. The van der Waals surface area contributed by atoms with Crippen molar-refractivity contribution in [3.8, 4) is 5.75 Å². The lowest BCUT2D eigenvalue weighted by Gasteiger charge is -2.05. The molecule has 0 aromatic heterocycles. The highest BCUT2D eigenvalue weighted by Gasteiger charge is 2.13. The number of hydrogen-bond donors (Lipinski definition) is 0. The van der Waals surface area contributed by atoms with Gasteiger partial charge in [-0.05, 0) is 36.4 Å². The molecule has 20 heavy (non-hydrogen) atoms. The first kappa shape index (κ1) is 14.3. The average Bonchev–Trinajstić information content (AvgIpc) is 2.46. The smallest absolute Gasteiger partial charge is 0.193 e. The molecule has 0 heterocycles. The van der Waals surface area contributed by atoms with Gasteiger partial charge < -0.3 is 4.74 Å². The van der Waals surface area contributed by atoms with Crippen molar-refractivity contribution in [1.82, 2.24) is 0 Å². The molecule has 0 unspecified atom stereocenters. The molecule has 5 heteroatoms. The maximum Gasteiger partial charge on any atom is 0.193 e. The summed E-state index contributed by atoms with van der Waals surface area (Å²) >= 11 is 0. The number of ether oxygens (including phenoxy) is 1. The van der Waals surface area contributed by atoms with Crippen LogP contribution in [0.25, 0.3) is 0 Å². The molecule has 0 bridgehead atoms. The molecule has 0 atom stereocenters. The fourth-order valence-electron chi connectivity index (χ4n) is 1.78. The Bertz CT molecular complexity index is 731. The number of methoxy groups -OCH3 is 1. The molecule has 0 spiro atoms. The van der Waals surface area contributed by atoms with Crippen LogP contribution in [0.3, 0.4) is 0 Å². The van der Waals surface area contributed by atoms with Crippen molar-refractivity contribution in [3.05, 3.63) is 59.7 Å². The molecule has 0 aliphatic carbocycles. The predicted octanol–water partition coefficient (Wildman–Crippen LogP) is 2.33. The summed E-state index contributed by atoms with van der Waals surface area (Å²) in [6.07, 6.45) is 1.12. The van der Waals surface area contributed by atoms with Crippen LogP contribution in [-0.2, 0) is 9.84 Å². The van der Waals surface area contributed by atoms with E-state index in [-0.39, 0.29) is 10.7 Å². The molecule has 0 aliphatic heterocycles. The monoisotopic (exact) mass is 290 g/mol. The first-order valence-electron chi connectivity index (χ1n) is 5.90. The highest BCUT2D eigenvalue weighted by atomic mass is 32.2. The average molecular weight is 290 g/mol. The van der Waals surface area contributed by atoms with Crippen molar-refractivity contribution in [3.63, 3.8) is 0 Å². The number of carbonyl (C=O) groups is 1. The van der Waals surface area contributed by atoms with Gasteiger partial charge in [0.15, 0.2) is 15.6 Å². The van der Waals surface area contributed by atoms with Crippen LogP contribution >= 0.6 is 0 Å². The number of carbonyl (C=O) groups excluding carboxylic acids is 1. The summed E-state index contributed by atoms with van der Waals surface area (Å²) in [5.74, 6) is 0.435. The molecule has 0 amide bonds. The Labute approximate surface area is 117 Å². The van der Waals surface area contributed by atoms with Crippen LogP contribution in [0.5, 0.6) is 5.75 Å². The Morgan fingerprint density at radius 2 is 1.65 bits per heavy atom. The van der Waals surface area contributed by atoms with Gasteiger partial charge in [0.2, 0.25) is 0 Å². The van der Waals surface area contributed by atoms with Crippen molar-refractivity contribution in [1.29, 1.82) is 0 Å². The molecule has 104 valence electrons. The molecular weight excluding hydrogens is 276 g/mol. The van der Waals surface area contributed by atoms with Gasteiger partial charge in [0.05, 0.1) is 12.0 Å². The van der Waals surface area contributed by atoms with Crippen LogP contribution in [0.1, 0.15) is 15.9 Å². The van der Waals surface area contributed by atoms with Gasteiger partial charge in [-0.3, -0.25) is 4.79 Å². The Kier molecular flexibility index (Phi) is 3.90. The van der Waals surface area contributed by atoms with E-state index in [4.69, 9.17) is 4.74 Å². The van der Waals surface area contributed by atoms with E-state index in [9.17, 15) is 13.2 Å². The number of rotatable bonds is 4. The van der Waals surface area contributed by atoms with E-state index in [1.807, 2.05) is 0 Å². The third-order valence-electron chi connectivity index (χ3n) is 2.88. The Morgan fingerprint density at radius 1 is 1.00 bits per heavy atom. The lowest BCUT2D eigenvalue weighted by atomic mass is 10.0. The minimum absolute atomic E-state index is 0.136. The number of hydrogen-bond acceptors (Lipinski definition) is 4. The van der Waals surface area contributed by atoms with Crippen molar-refractivity contribution >= 4 is 15.6 Å². The van der Waals surface area contributed by atoms with E-state index in [1.54, 1.807) is 43.5 Å². The van der Waals surface area contributed by atoms with Gasteiger partial charge in [-0.25, -0.2) is 8.42 Å². The summed E-state index contributed by atoms with van der Waals surface area (Å²) in [6, 6.07) is 12.7. The fourth-order valence-corrected chi connectivity index (χ4v) is 2.44. The predicted molar refractivity (Wildman–Crippen MR) is 76.0 cm³/mol. The number of benzene rings is 2. The standard InChI is InChI=1S/C15H14O4S/c1-19-13-8-6-11(7-9-13)15(16)12-4-3-5-14(10-12)20(2,17)18/h3-10H,1-2H3. The minimum atomic E-state index is -3.32. The molecule has 0 aliphatic rings. The maximum absolute atomic E-state index is 12.3. The van der Waals surface area contributed by atoms with Crippen molar-refractivity contribution in [2.75, 3.05) is 13.4 Å². The van der Waals surface area contributed by atoms with E-state index in [0.29, 0.717) is 16.9 Å². The zero-order valence-corrected chi connectivity index (χ0v) is 12.0.